The lowest BCUT2D eigenvalue weighted by Gasteiger charge is -2.22. The molecule has 0 unspecified atom stereocenters. The number of nitrogen functional groups attached to an aromatic ring is 1. The number of anilines is 3. The fourth-order valence-corrected chi connectivity index (χ4v) is 3.65. The van der Waals surface area contributed by atoms with Gasteiger partial charge in [0.2, 0.25) is 5.82 Å². The summed E-state index contributed by atoms with van der Waals surface area (Å²) in [7, 11) is 18.1. The number of halogens is 1. The summed E-state index contributed by atoms with van der Waals surface area (Å²) in [4.78, 5) is 30.2. The third-order valence-electron chi connectivity index (χ3n) is 6.46. The largest absolute Gasteiger partial charge is 0.397 e. The first kappa shape index (κ1) is 42.6. The molecule has 3 aromatic carbocycles. The average Bonchev–Trinajstić information content (AvgIpc) is 3.02. The smallest absolute Gasteiger partial charge is 0.304 e. The van der Waals surface area contributed by atoms with E-state index in [0.717, 1.165) is 62.8 Å². The van der Waals surface area contributed by atoms with E-state index < -0.39 is 16.4 Å². The molecule has 262 valence electrons. The molecule has 0 atom stereocenters. The van der Waals surface area contributed by atoms with Crippen LogP contribution in [0.1, 0.15) is 0 Å². The summed E-state index contributed by atoms with van der Waals surface area (Å²) >= 11 is 0. The molecular formula is C33H54FN9O4. The molecule has 13 nitrogen and oxygen atoms in total. The standard InChI is InChI=1S/C11H17N3O2.C11H19N3.C6H4FNO2.C5H14N2/c1-12(2)8-9-13(3)10-6-4-5-7-11(10)14(15)16;1-13(2)8-9-14(3)11-7-5-4-6-10(11)12;7-5-3-1-2-4-6(5)8(9)10;1-6-4-5-7(2)3/h4-7H,8-9H2,1-3H3;4-7H,8-9,12H2,1-3H3;1-4H;6H,4-5H2,1-3H3. The Balaban J connectivity index is 0.000000626. The van der Waals surface area contributed by atoms with Gasteiger partial charge in [-0.3, -0.25) is 20.2 Å². The van der Waals surface area contributed by atoms with Gasteiger partial charge in [0.05, 0.1) is 21.2 Å². The van der Waals surface area contributed by atoms with Crippen molar-refractivity contribution in [3.8, 4) is 0 Å². The summed E-state index contributed by atoms with van der Waals surface area (Å²) in [5, 5.41) is 23.9. The van der Waals surface area contributed by atoms with Crippen LogP contribution in [-0.2, 0) is 0 Å². The minimum absolute atomic E-state index is 0.156. The van der Waals surface area contributed by atoms with Gasteiger partial charge in [0.15, 0.2) is 0 Å². The number of hydrogen-bond acceptors (Lipinski definition) is 11. The Hall–Kier alpha value is -4.37. The molecule has 0 fully saturated rings. The molecule has 0 saturated heterocycles. The molecule has 0 bridgehead atoms. The lowest BCUT2D eigenvalue weighted by molar-refractivity contribution is -0.387. The molecule has 14 heteroatoms. The van der Waals surface area contributed by atoms with Crippen molar-refractivity contribution in [2.24, 2.45) is 0 Å². The van der Waals surface area contributed by atoms with Crippen molar-refractivity contribution in [2.75, 3.05) is 118 Å². The van der Waals surface area contributed by atoms with E-state index in [2.05, 4.69) is 55.3 Å². The molecule has 0 aliphatic carbocycles. The van der Waals surface area contributed by atoms with Crippen molar-refractivity contribution in [3.05, 3.63) is 98.8 Å². The lowest BCUT2D eigenvalue weighted by Crippen LogP contribution is -2.28. The number of nitrogens with one attached hydrogen (secondary N) is 1. The van der Waals surface area contributed by atoms with Crippen molar-refractivity contribution < 1.29 is 14.2 Å². The van der Waals surface area contributed by atoms with Crippen LogP contribution in [0, 0.1) is 26.0 Å². The molecule has 0 radical (unpaired) electrons. The van der Waals surface area contributed by atoms with Gasteiger partial charge in [-0.15, -0.1) is 0 Å². The maximum atomic E-state index is 12.4. The summed E-state index contributed by atoms with van der Waals surface area (Å²) in [6.07, 6.45) is 0. The van der Waals surface area contributed by atoms with Gasteiger partial charge in [-0.2, -0.15) is 4.39 Å². The number of nitrogens with zero attached hydrogens (tertiary/aromatic N) is 7. The number of nitro benzene ring substituents is 2. The highest BCUT2D eigenvalue weighted by atomic mass is 19.1. The van der Waals surface area contributed by atoms with Crippen molar-refractivity contribution in [1.29, 1.82) is 0 Å². The van der Waals surface area contributed by atoms with Crippen molar-refractivity contribution >= 4 is 28.4 Å². The van der Waals surface area contributed by atoms with Crippen LogP contribution >= 0.6 is 0 Å². The van der Waals surface area contributed by atoms with Crippen LogP contribution < -0.4 is 20.9 Å². The first-order chi connectivity index (χ1) is 22.1. The van der Waals surface area contributed by atoms with E-state index in [-0.39, 0.29) is 10.6 Å². The number of rotatable bonds is 13. The van der Waals surface area contributed by atoms with Crippen molar-refractivity contribution in [3.63, 3.8) is 0 Å². The topological polar surface area (TPSA) is 141 Å². The zero-order chi connectivity index (χ0) is 35.9. The third-order valence-corrected chi connectivity index (χ3v) is 6.46. The molecule has 0 aromatic heterocycles. The summed E-state index contributed by atoms with van der Waals surface area (Å²) in [5.74, 6) is -0.799. The molecule has 0 spiro atoms. The Labute approximate surface area is 279 Å². The van der Waals surface area contributed by atoms with Crippen LogP contribution in [0.2, 0.25) is 0 Å². The second-order valence-electron chi connectivity index (χ2n) is 11.4. The van der Waals surface area contributed by atoms with Crippen molar-refractivity contribution in [1.82, 2.24) is 20.0 Å². The molecule has 3 N–H and O–H groups in total. The Morgan fingerprint density at radius 2 is 1.02 bits per heavy atom. The van der Waals surface area contributed by atoms with E-state index in [1.54, 1.807) is 12.1 Å². The minimum Gasteiger partial charge on any atom is -0.397 e. The normalized spacial score (nSPS) is 10.2. The molecule has 47 heavy (non-hydrogen) atoms. The van der Waals surface area contributed by atoms with Gasteiger partial charge in [-0.05, 0) is 73.6 Å². The van der Waals surface area contributed by atoms with Crippen molar-refractivity contribution in [2.45, 2.75) is 0 Å². The average molecular weight is 660 g/mol. The second-order valence-corrected chi connectivity index (χ2v) is 11.4. The highest BCUT2D eigenvalue weighted by molar-refractivity contribution is 5.66. The first-order valence-electron chi connectivity index (χ1n) is 15.1. The molecule has 3 aromatic rings. The second kappa shape index (κ2) is 23.9. The zero-order valence-electron chi connectivity index (χ0n) is 29.4. The summed E-state index contributed by atoms with van der Waals surface area (Å²) in [6.45, 7) is 5.84. The lowest BCUT2D eigenvalue weighted by atomic mass is 10.2. The van der Waals surface area contributed by atoms with Gasteiger partial charge < -0.3 is 35.6 Å². The van der Waals surface area contributed by atoms with E-state index in [1.807, 2.05) is 68.3 Å². The molecular weight excluding hydrogens is 605 g/mol. The molecule has 3 rings (SSSR count). The predicted molar refractivity (Wildman–Crippen MR) is 193 cm³/mol. The maximum absolute atomic E-state index is 12.4. The molecule has 0 saturated carbocycles. The summed E-state index contributed by atoms with van der Waals surface area (Å²) < 4.78 is 12.4. The van der Waals surface area contributed by atoms with E-state index in [0.29, 0.717) is 5.69 Å². The number of para-hydroxylation sites is 5. The predicted octanol–water partition coefficient (Wildman–Crippen LogP) is 4.36. The molecule has 0 amide bonds. The van der Waals surface area contributed by atoms with E-state index in [1.165, 1.54) is 18.2 Å². The summed E-state index contributed by atoms with van der Waals surface area (Å²) in [5.41, 5.74) is 8.15. The van der Waals surface area contributed by atoms with Gasteiger partial charge in [-0.1, -0.05) is 36.4 Å². The maximum Gasteiger partial charge on any atom is 0.304 e. The summed E-state index contributed by atoms with van der Waals surface area (Å²) in [6, 6.07) is 19.7. The minimum atomic E-state index is -0.799. The highest BCUT2D eigenvalue weighted by Gasteiger charge is 2.15. The van der Waals surface area contributed by atoms with Gasteiger partial charge in [-0.25, -0.2) is 0 Å². The Kier molecular flexibility index (Phi) is 21.7. The van der Waals surface area contributed by atoms with E-state index in [4.69, 9.17) is 5.73 Å². The number of benzene rings is 3. The number of likely N-dealkylation sites (N-methyl/N-ethyl adjacent to an activating group) is 6. The highest BCUT2D eigenvalue weighted by Crippen LogP contribution is 2.26. The first-order valence-corrected chi connectivity index (χ1v) is 15.1. The quantitative estimate of drug-likeness (QED) is 0.154. The molecule has 0 aliphatic heterocycles. The van der Waals surface area contributed by atoms with Gasteiger partial charge in [0, 0.05) is 65.5 Å². The fourth-order valence-electron chi connectivity index (χ4n) is 3.65. The van der Waals surface area contributed by atoms with Crippen LogP contribution in [-0.4, -0.2) is 127 Å². The van der Waals surface area contributed by atoms with Crippen LogP contribution in [0.3, 0.4) is 0 Å². The number of nitrogens with two attached hydrogens (primary N) is 1. The van der Waals surface area contributed by atoms with E-state index >= 15 is 0 Å². The number of nitro groups is 2. The van der Waals surface area contributed by atoms with Crippen LogP contribution in [0.4, 0.5) is 32.8 Å². The zero-order valence-corrected chi connectivity index (χ0v) is 29.4. The third kappa shape index (κ3) is 19.0. The van der Waals surface area contributed by atoms with Gasteiger partial charge in [0.1, 0.15) is 5.69 Å². The Morgan fingerprint density at radius 3 is 1.40 bits per heavy atom. The Bertz CT molecular complexity index is 1310. The van der Waals surface area contributed by atoms with E-state index in [9.17, 15) is 24.6 Å². The molecule has 0 aliphatic rings. The number of hydrogen-bond donors (Lipinski definition) is 2. The van der Waals surface area contributed by atoms with Crippen LogP contribution in [0.15, 0.2) is 72.8 Å². The van der Waals surface area contributed by atoms with Gasteiger partial charge >= 0.3 is 5.69 Å². The van der Waals surface area contributed by atoms with Crippen LogP contribution in [0.5, 0.6) is 0 Å². The Morgan fingerprint density at radius 1 is 0.617 bits per heavy atom. The van der Waals surface area contributed by atoms with Gasteiger partial charge in [0.25, 0.3) is 5.69 Å². The van der Waals surface area contributed by atoms with Crippen LogP contribution in [0.25, 0.3) is 0 Å². The fraction of sp³-hybridized carbons (Fsp3) is 0.455. The molecule has 0 heterocycles. The monoisotopic (exact) mass is 659 g/mol. The SMILES string of the molecule is CN(C)CCN(C)c1ccccc1N.CN(C)CCN(C)c1ccccc1[N+](=O)[O-].CNCCN(C)C.O=[N+]([O-])c1ccccc1F.